The summed E-state index contributed by atoms with van der Waals surface area (Å²) < 4.78 is 2.41. The zero-order valence-electron chi connectivity index (χ0n) is 10.0. The summed E-state index contributed by atoms with van der Waals surface area (Å²) in [6, 6.07) is 6.28. The number of nitrogens with zero attached hydrogens (tertiary/aromatic N) is 1. The molecule has 1 aromatic carbocycles. The first-order valence-corrected chi connectivity index (χ1v) is 6.66. The van der Waals surface area contributed by atoms with E-state index < -0.39 is 0 Å². The second-order valence-corrected chi connectivity index (χ2v) is 5.23. The molecule has 2 nitrogen and oxygen atoms in total. The molecule has 1 aliphatic heterocycles. The minimum Gasteiger partial charge on any atom is -0.344 e. The summed E-state index contributed by atoms with van der Waals surface area (Å²) in [5.74, 6) is 0. The molecule has 2 N–H and O–H groups in total. The summed E-state index contributed by atoms with van der Waals surface area (Å²) in [6.45, 7) is 3.25. The summed E-state index contributed by atoms with van der Waals surface area (Å²) >= 11 is 6.11. The quantitative estimate of drug-likeness (QED) is 0.864. The van der Waals surface area contributed by atoms with Crippen LogP contribution >= 0.6 is 11.6 Å². The van der Waals surface area contributed by atoms with Crippen molar-refractivity contribution >= 4 is 22.5 Å². The Labute approximate surface area is 106 Å². The lowest BCUT2D eigenvalue weighted by Gasteiger charge is -2.10. The standard InChI is InChI=1S/C14H17ClN2/c1-2-11(16)14-10-8-9(15)5-6-12(10)17-7-3-4-13(14)17/h5-6,8,11H,2-4,7,16H2,1H3. The highest BCUT2D eigenvalue weighted by Gasteiger charge is 2.23. The van der Waals surface area contributed by atoms with Crippen LogP contribution in [0, 0.1) is 0 Å². The lowest BCUT2D eigenvalue weighted by Crippen LogP contribution is -2.10. The molecule has 1 atom stereocenters. The van der Waals surface area contributed by atoms with Crippen molar-refractivity contribution in [3.8, 4) is 0 Å². The van der Waals surface area contributed by atoms with Crippen molar-refractivity contribution in [3.63, 3.8) is 0 Å². The van der Waals surface area contributed by atoms with Crippen molar-refractivity contribution < 1.29 is 0 Å². The maximum Gasteiger partial charge on any atom is 0.0487 e. The van der Waals surface area contributed by atoms with Gasteiger partial charge in [-0.1, -0.05) is 18.5 Å². The Bertz CT molecular complexity index is 571. The topological polar surface area (TPSA) is 30.9 Å². The first kappa shape index (κ1) is 11.1. The van der Waals surface area contributed by atoms with Crippen molar-refractivity contribution in [1.29, 1.82) is 0 Å². The van der Waals surface area contributed by atoms with Gasteiger partial charge in [0.15, 0.2) is 0 Å². The number of halogens is 1. The van der Waals surface area contributed by atoms with Gasteiger partial charge in [0.05, 0.1) is 0 Å². The van der Waals surface area contributed by atoms with Crippen molar-refractivity contribution in [2.24, 2.45) is 5.73 Å². The van der Waals surface area contributed by atoms with E-state index in [1.54, 1.807) is 0 Å². The molecule has 1 unspecified atom stereocenters. The van der Waals surface area contributed by atoms with E-state index in [1.165, 1.54) is 28.6 Å². The number of fused-ring (bicyclic) bond motifs is 3. The largest absolute Gasteiger partial charge is 0.344 e. The first-order valence-electron chi connectivity index (χ1n) is 6.28. The fourth-order valence-corrected chi connectivity index (χ4v) is 3.13. The van der Waals surface area contributed by atoms with Gasteiger partial charge in [-0.05, 0) is 43.0 Å². The van der Waals surface area contributed by atoms with E-state index in [-0.39, 0.29) is 6.04 Å². The molecule has 0 saturated heterocycles. The van der Waals surface area contributed by atoms with Gasteiger partial charge in [0.1, 0.15) is 0 Å². The van der Waals surface area contributed by atoms with Crippen molar-refractivity contribution in [2.45, 2.75) is 38.8 Å². The highest BCUT2D eigenvalue weighted by Crippen LogP contribution is 2.36. The van der Waals surface area contributed by atoms with Crippen LogP contribution in [-0.4, -0.2) is 4.57 Å². The van der Waals surface area contributed by atoms with Crippen LogP contribution in [0.5, 0.6) is 0 Å². The maximum absolute atomic E-state index is 6.27. The summed E-state index contributed by atoms with van der Waals surface area (Å²) in [5.41, 5.74) is 10.3. The van der Waals surface area contributed by atoms with Gasteiger partial charge in [-0.3, -0.25) is 0 Å². The van der Waals surface area contributed by atoms with Crippen LogP contribution in [0.2, 0.25) is 5.02 Å². The molecule has 17 heavy (non-hydrogen) atoms. The Morgan fingerprint density at radius 1 is 1.47 bits per heavy atom. The van der Waals surface area contributed by atoms with Gasteiger partial charge in [0.25, 0.3) is 0 Å². The van der Waals surface area contributed by atoms with Crippen LogP contribution in [0.3, 0.4) is 0 Å². The van der Waals surface area contributed by atoms with Crippen LogP contribution in [0.25, 0.3) is 10.9 Å². The average Bonchev–Trinajstić information content (AvgIpc) is 2.87. The molecule has 2 aromatic rings. The molecule has 1 aromatic heterocycles. The van der Waals surface area contributed by atoms with Gasteiger partial charge in [-0.15, -0.1) is 0 Å². The van der Waals surface area contributed by atoms with Gasteiger partial charge in [-0.2, -0.15) is 0 Å². The monoisotopic (exact) mass is 248 g/mol. The summed E-state index contributed by atoms with van der Waals surface area (Å²) in [5, 5.41) is 2.05. The van der Waals surface area contributed by atoms with E-state index in [9.17, 15) is 0 Å². The number of aromatic nitrogens is 1. The highest BCUT2D eigenvalue weighted by atomic mass is 35.5. The number of hydrogen-bond donors (Lipinski definition) is 1. The molecule has 2 heterocycles. The molecule has 0 amide bonds. The van der Waals surface area contributed by atoms with Gasteiger partial charge in [-0.25, -0.2) is 0 Å². The van der Waals surface area contributed by atoms with Crippen LogP contribution in [0.15, 0.2) is 18.2 Å². The summed E-state index contributed by atoms with van der Waals surface area (Å²) in [4.78, 5) is 0. The number of rotatable bonds is 2. The molecular formula is C14H17ClN2. The summed E-state index contributed by atoms with van der Waals surface area (Å²) in [7, 11) is 0. The second kappa shape index (κ2) is 4.04. The molecule has 1 aliphatic rings. The third-order valence-electron chi connectivity index (χ3n) is 3.78. The van der Waals surface area contributed by atoms with Crippen LogP contribution in [-0.2, 0) is 13.0 Å². The Morgan fingerprint density at radius 3 is 3.06 bits per heavy atom. The number of nitrogens with two attached hydrogens (primary N) is 1. The third-order valence-corrected chi connectivity index (χ3v) is 4.02. The van der Waals surface area contributed by atoms with Gasteiger partial charge < -0.3 is 10.3 Å². The molecule has 0 radical (unpaired) electrons. The maximum atomic E-state index is 6.27. The minimum absolute atomic E-state index is 0.130. The van der Waals surface area contributed by atoms with E-state index >= 15 is 0 Å². The van der Waals surface area contributed by atoms with Crippen LogP contribution in [0.1, 0.15) is 37.1 Å². The van der Waals surface area contributed by atoms with E-state index in [2.05, 4.69) is 23.6 Å². The fourth-order valence-electron chi connectivity index (χ4n) is 2.95. The molecular weight excluding hydrogens is 232 g/mol. The van der Waals surface area contributed by atoms with Crippen molar-refractivity contribution in [2.75, 3.05) is 0 Å². The summed E-state index contributed by atoms with van der Waals surface area (Å²) in [6.07, 6.45) is 3.35. The zero-order chi connectivity index (χ0) is 12.0. The Morgan fingerprint density at radius 2 is 2.29 bits per heavy atom. The van der Waals surface area contributed by atoms with Gasteiger partial charge in [0.2, 0.25) is 0 Å². The number of aryl methyl sites for hydroxylation is 1. The molecule has 3 rings (SSSR count). The Kier molecular flexibility index (Phi) is 2.64. The Balaban J connectivity index is 2.34. The molecule has 0 bridgehead atoms. The van der Waals surface area contributed by atoms with Crippen molar-refractivity contribution in [1.82, 2.24) is 4.57 Å². The fraction of sp³-hybridized carbons (Fsp3) is 0.429. The minimum atomic E-state index is 0.130. The SMILES string of the molecule is CCC(N)c1c2n(c3ccc(Cl)cc13)CCC2. The molecule has 0 fully saturated rings. The van der Waals surface area contributed by atoms with E-state index in [4.69, 9.17) is 17.3 Å². The highest BCUT2D eigenvalue weighted by molar-refractivity contribution is 6.31. The number of benzene rings is 1. The molecule has 3 heteroatoms. The van der Waals surface area contributed by atoms with Crippen molar-refractivity contribution in [3.05, 3.63) is 34.5 Å². The predicted molar refractivity (Wildman–Crippen MR) is 72.5 cm³/mol. The third kappa shape index (κ3) is 1.59. The smallest absolute Gasteiger partial charge is 0.0487 e. The van der Waals surface area contributed by atoms with E-state index in [0.717, 1.165) is 24.4 Å². The van der Waals surface area contributed by atoms with E-state index in [0.29, 0.717) is 0 Å². The first-order chi connectivity index (χ1) is 8.22. The lowest BCUT2D eigenvalue weighted by molar-refractivity contribution is 0.693. The van der Waals surface area contributed by atoms with Crippen LogP contribution in [0.4, 0.5) is 0 Å². The van der Waals surface area contributed by atoms with Crippen LogP contribution < -0.4 is 5.73 Å². The predicted octanol–water partition coefficient (Wildman–Crippen LogP) is 3.65. The molecule has 0 aliphatic carbocycles. The molecule has 0 saturated carbocycles. The number of hydrogen-bond acceptors (Lipinski definition) is 1. The van der Waals surface area contributed by atoms with E-state index in [1.807, 2.05) is 6.07 Å². The average molecular weight is 249 g/mol. The molecule has 90 valence electrons. The van der Waals surface area contributed by atoms with Gasteiger partial charge >= 0.3 is 0 Å². The van der Waals surface area contributed by atoms with Gasteiger partial charge in [0, 0.05) is 34.2 Å². The second-order valence-electron chi connectivity index (χ2n) is 4.79. The normalized spacial score (nSPS) is 16.4. The molecule has 0 spiro atoms. The lowest BCUT2D eigenvalue weighted by atomic mass is 10.00. The Hall–Kier alpha value is -0.990. The zero-order valence-corrected chi connectivity index (χ0v) is 10.8.